The average molecular weight is 253 g/mol. The molecule has 0 amide bonds. The van der Waals surface area contributed by atoms with Crippen LogP contribution in [0.15, 0.2) is 18.2 Å². The zero-order valence-electron chi connectivity index (χ0n) is 10.6. The van der Waals surface area contributed by atoms with Crippen molar-refractivity contribution in [2.75, 3.05) is 0 Å². The fourth-order valence-corrected chi connectivity index (χ4v) is 2.57. The number of aliphatic hydroxyl groups is 1. The topological polar surface area (TPSA) is 52.5 Å². The molecule has 1 aromatic rings. The zero-order valence-corrected chi connectivity index (χ0v) is 10.6. The predicted octanol–water partition coefficient (Wildman–Crippen LogP) is 2.49. The first-order valence-corrected chi connectivity index (χ1v) is 6.49. The fourth-order valence-electron chi connectivity index (χ4n) is 2.57. The van der Waals surface area contributed by atoms with Crippen molar-refractivity contribution in [1.82, 2.24) is 5.32 Å². The van der Waals surface area contributed by atoms with Crippen LogP contribution in [0.4, 0.5) is 4.39 Å². The van der Waals surface area contributed by atoms with Gasteiger partial charge in [-0.05, 0) is 38.7 Å². The van der Waals surface area contributed by atoms with Gasteiger partial charge in [-0.1, -0.05) is 6.07 Å². The molecule has 100 valence electrons. The summed E-state index contributed by atoms with van der Waals surface area (Å²) in [4.78, 5) is 0. The van der Waals surface area contributed by atoms with Crippen molar-refractivity contribution in [2.24, 2.45) is 0 Å². The van der Waals surface area contributed by atoms with Gasteiger partial charge in [0.05, 0.1) is 6.10 Å². The second kappa shape index (κ2) is 5.67. The molecular weight excluding hydrogens is 233 g/mol. The molecular formula is C14H20FNO2. The Balaban J connectivity index is 1.97. The normalized spacial score (nSPS) is 25.9. The van der Waals surface area contributed by atoms with Crippen LogP contribution in [0.3, 0.4) is 0 Å². The van der Waals surface area contributed by atoms with Gasteiger partial charge in [-0.15, -0.1) is 0 Å². The standard InChI is InChI=1S/C14H20FNO2/c1-9(13-7-2-10(15)8-14(13)18)16-11-3-5-12(17)6-4-11/h2,7-9,11-12,16-18H,3-6H2,1H3. The third-order valence-electron chi connectivity index (χ3n) is 3.64. The van der Waals surface area contributed by atoms with Crippen LogP contribution in [-0.4, -0.2) is 22.4 Å². The highest BCUT2D eigenvalue weighted by molar-refractivity contribution is 5.34. The molecule has 1 atom stereocenters. The molecule has 0 bridgehead atoms. The molecule has 0 aromatic heterocycles. The lowest BCUT2D eigenvalue weighted by Gasteiger charge is -2.29. The van der Waals surface area contributed by atoms with E-state index < -0.39 is 5.82 Å². The van der Waals surface area contributed by atoms with Gasteiger partial charge in [0.2, 0.25) is 0 Å². The smallest absolute Gasteiger partial charge is 0.126 e. The molecule has 1 fully saturated rings. The van der Waals surface area contributed by atoms with Crippen LogP contribution in [0.25, 0.3) is 0 Å². The third-order valence-corrected chi connectivity index (χ3v) is 3.64. The van der Waals surface area contributed by atoms with Crippen LogP contribution >= 0.6 is 0 Å². The van der Waals surface area contributed by atoms with Gasteiger partial charge >= 0.3 is 0 Å². The number of hydrogen-bond acceptors (Lipinski definition) is 3. The first kappa shape index (κ1) is 13.3. The van der Waals surface area contributed by atoms with Crippen LogP contribution in [0.5, 0.6) is 5.75 Å². The Hall–Kier alpha value is -1.13. The average Bonchev–Trinajstić information content (AvgIpc) is 2.32. The second-order valence-corrected chi connectivity index (χ2v) is 5.10. The fraction of sp³-hybridized carbons (Fsp3) is 0.571. The molecule has 1 aliphatic carbocycles. The second-order valence-electron chi connectivity index (χ2n) is 5.10. The summed E-state index contributed by atoms with van der Waals surface area (Å²) in [6.07, 6.45) is 3.35. The molecule has 4 heteroatoms. The number of aromatic hydroxyl groups is 1. The first-order chi connectivity index (χ1) is 8.56. The van der Waals surface area contributed by atoms with Crippen molar-refractivity contribution in [3.63, 3.8) is 0 Å². The molecule has 3 nitrogen and oxygen atoms in total. The molecule has 0 heterocycles. The van der Waals surface area contributed by atoms with E-state index in [1.165, 1.54) is 6.07 Å². The highest BCUT2D eigenvalue weighted by Gasteiger charge is 2.21. The van der Waals surface area contributed by atoms with Crippen LogP contribution in [0, 0.1) is 5.82 Å². The summed E-state index contributed by atoms with van der Waals surface area (Å²) in [7, 11) is 0. The van der Waals surface area contributed by atoms with Gasteiger partial charge in [0.25, 0.3) is 0 Å². The van der Waals surface area contributed by atoms with Crippen molar-refractivity contribution in [1.29, 1.82) is 0 Å². The Morgan fingerprint density at radius 2 is 1.94 bits per heavy atom. The quantitative estimate of drug-likeness (QED) is 0.775. The molecule has 0 saturated heterocycles. The van der Waals surface area contributed by atoms with Crippen molar-refractivity contribution in [3.05, 3.63) is 29.6 Å². The van der Waals surface area contributed by atoms with Crippen molar-refractivity contribution >= 4 is 0 Å². The summed E-state index contributed by atoms with van der Waals surface area (Å²) in [6.45, 7) is 1.96. The number of aliphatic hydroxyl groups excluding tert-OH is 1. The van der Waals surface area contributed by atoms with Crippen LogP contribution in [-0.2, 0) is 0 Å². The van der Waals surface area contributed by atoms with E-state index in [4.69, 9.17) is 0 Å². The Labute approximate surface area is 107 Å². The van der Waals surface area contributed by atoms with E-state index in [0.717, 1.165) is 31.7 Å². The maximum Gasteiger partial charge on any atom is 0.126 e. The predicted molar refractivity (Wildman–Crippen MR) is 67.9 cm³/mol. The molecule has 3 N–H and O–H groups in total. The molecule has 0 spiro atoms. The lowest BCUT2D eigenvalue weighted by Crippen LogP contribution is -2.36. The van der Waals surface area contributed by atoms with Gasteiger partial charge in [0, 0.05) is 23.7 Å². The molecule has 1 aliphatic rings. The summed E-state index contributed by atoms with van der Waals surface area (Å²) in [5.41, 5.74) is 0.711. The van der Waals surface area contributed by atoms with Gasteiger partial charge < -0.3 is 15.5 Å². The molecule has 0 radical (unpaired) electrons. The number of hydrogen-bond donors (Lipinski definition) is 3. The Morgan fingerprint density at radius 1 is 1.28 bits per heavy atom. The van der Waals surface area contributed by atoms with Crippen molar-refractivity contribution in [2.45, 2.75) is 50.8 Å². The summed E-state index contributed by atoms with van der Waals surface area (Å²) in [6, 6.07) is 4.44. The van der Waals surface area contributed by atoms with E-state index in [9.17, 15) is 14.6 Å². The van der Waals surface area contributed by atoms with Gasteiger partial charge in [-0.3, -0.25) is 0 Å². The SMILES string of the molecule is CC(NC1CCC(O)CC1)c1ccc(F)cc1O. The van der Waals surface area contributed by atoms with Gasteiger partial charge in [0.1, 0.15) is 11.6 Å². The summed E-state index contributed by atoms with van der Waals surface area (Å²) in [5, 5.41) is 22.6. The summed E-state index contributed by atoms with van der Waals surface area (Å²) < 4.78 is 12.9. The summed E-state index contributed by atoms with van der Waals surface area (Å²) >= 11 is 0. The van der Waals surface area contributed by atoms with Gasteiger partial charge in [0.15, 0.2) is 0 Å². The molecule has 0 aliphatic heterocycles. The van der Waals surface area contributed by atoms with E-state index >= 15 is 0 Å². The monoisotopic (exact) mass is 253 g/mol. The van der Waals surface area contributed by atoms with Gasteiger partial charge in [-0.25, -0.2) is 4.39 Å². The number of benzene rings is 1. The van der Waals surface area contributed by atoms with Crippen molar-refractivity contribution < 1.29 is 14.6 Å². The first-order valence-electron chi connectivity index (χ1n) is 6.49. The Kier molecular flexibility index (Phi) is 4.19. The molecule has 1 saturated carbocycles. The number of nitrogens with one attached hydrogen (secondary N) is 1. The molecule has 1 aromatic carbocycles. The Bertz CT molecular complexity index is 403. The van der Waals surface area contributed by atoms with Crippen LogP contribution in [0.2, 0.25) is 0 Å². The third kappa shape index (κ3) is 3.21. The maximum atomic E-state index is 12.9. The van der Waals surface area contributed by atoms with Crippen LogP contribution < -0.4 is 5.32 Å². The van der Waals surface area contributed by atoms with E-state index in [2.05, 4.69) is 5.32 Å². The van der Waals surface area contributed by atoms with E-state index in [1.807, 2.05) is 6.92 Å². The number of rotatable bonds is 3. The molecule has 18 heavy (non-hydrogen) atoms. The number of phenols is 1. The maximum absolute atomic E-state index is 12.9. The van der Waals surface area contributed by atoms with E-state index in [-0.39, 0.29) is 17.9 Å². The van der Waals surface area contributed by atoms with Crippen molar-refractivity contribution in [3.8, 4) is 5.75 Å². The highest BCUT2D eigenvalue weighted by atomic mass is 19.1. The minimum Gasteiger partial charge on any atom is -0.508 e. The lowest BCUT2D eigenvalue weighted by atomic mass is 9.92. The van der Waals surface area contributed by atoms with E-state index in [1.54, 1.807) is 6.07 Å². The number of halogens is 1. The minimum atomic E-state index is -0.427. The largest absolute Gasteiger partial charge is 0.508 e. The van der Waals surface area contributed by atoms with Gasteiger partial charge in [-0.2, -0.15) is 0 Å². The molecule has 1 unspecified atom stereocenters. The lowest BCUT2D eigenvalue weighted by molar-refractivity contribution is 0.114. The van der Waals surface area contributed by atoms with Crippen LogP contribution in [0.1, 0.15) is 44.2 Å². The Morgan fingerprint density at radius 3 is 2.56 bits per heavy atom. The highest BCUT2D eigenvalue weighted by Crippen LogP contribution is 2.27. The zero-order chi connectivity index (χ0) is 13.1. The number of phenolic OH excluding ortho intramolecular Hbond substituents is 1. The van der Waals surface area contributed by atoms with E-state index in [0.29, 0.717) is 11.6 Å². The summed E-state index contributed by atoms with van der Waals surface area (Å²) in [5.74, 6) is -0.435. The molecule has 2 rings (SSSR count). The minimum absolute atomic E-state index is 0.00848.